The second kappa shape index (κ2) is 6.53. The van der Waals surface area contributed by atoms with Gasteiger partial charge in [0.2, 0.25) is 11.8 Å². The smallest absolute Gasteiger partial charge is 0.238 e. The van der Waals surface area contributed by atoms with E-state index >= 15 is 0 Å². The molecule has 1 aromatic carbocycles. The number of carbonyl (C=O) groups excluding carboxylic acids is 2. The summed E-state index contributed by atoms with van der Waals surface area (Å²) >= 11 is 0. The van der Waals surface area contributed by atoms with Crippen molar-refractivity contribution < 1.29 is 14.0 Å². The number of carbonyl (C=O) groups is 2. The molecular weight excluding hydrogens is 275 g/mol. The monoisotopic (exact) mass is 294 g/mol. The molecule has 6 nitrogen and oxygen atoms in total. The number of nitrogens with one attached hydrogen (secondary N) is 2. The molecule has 1 atom stereocenters. The predicted molar refractivity (Wildman–Crippen MR) is 78.1 cm³/mol. The van der Waals surface area contributed by atoms with Crippen molar-refractivity contribution in [3.63, 3.8) is 0 Å². The first-order chi connectivity index (χ1) is 10.0. The zero-order valence-corrected chi connectivity index (χ0v) is 11.9. The molecule has 2 amide bonds. The molecule has 1 heterocycles. The standard InChI is InChI=1S/C14H19FN4O2/c1-17-14(21)12-3-2-6-19(12)8-13(20)18-11-7-9(16)4-5-10(11)15/h4-5,7,12H,2-3,6,8,16H2,1H3,(H,17,21)(H,18,20). The van der Waals surface area contributed by atoms with Crippen molar-refractivity contribution in [2.24, 2.45) is 0 Å². The first kappa shape index (κ1) is 15.2. The van der Waals surface area contributed by atoms with Gasteiger partial charge in [0.25, 0.3) is 0 Å². The van der Waals surface area contributed by atoms with Crippen LogP contribution in [0.2, 0.25) is 0 Å². The number of amides is 2. The van der Waals surface area contributed by atoms with Gasteiger partial charge in [-0.25, -0.2) is 4.39 Å². The fraction of sp³-hybridized carbons (Fsp3) is 0.429. The van der Waals surface area contributed by atoms with Crippen molar-refractivity contribution in [2.45, 2.75) is 18.9 Å². The molecule has 1 aromatic rings. The number of hydrogen-bond donors (Lipinski definition) is 3. The zero-order chi connectivity index (χ0) is 15.4. The zero-order valence-electron chi connectivity index (χ0n) is 11.9. The van der Waals surface area contributed by atoms with Crippen LogP contribution in [0.1, 0.15) is 12.8 Å². The SMILES string of the molecule is CNC(=O)C1CCCN1CC(=O)Nc1cc(N)ccc1F. The van der Waals surface area contributed by atoms with Crippen molar-refractivity contribution >= 4 is 23.2 Å². The molecule has 1 unspecified atom stereocenters. The summed E-state index contributed by atoms with van der Waals surface area (Å²) in [5.41, 5.74) is 5.99. The quantitative estimate of drug-likeness (QED) is 0.708. The number of anilines is 2. The van der Waals surface area contributed by atoms with E-state index in [4.69, 9.17) is 5.73 Å². The van der Waals surface area contributed by atoms with Crippen LogP contribution in [0, 0.1) is 5.82 Å². The van der Waals surface area contributed by atoms with Crippen molar-refractivity contribution in [3.05, 3.63) is 24.0 Å². The predicted octanol–water partition coefficient (Wildman–Crippen LogP) is 0.557. The minimum Gasteiger partial charge on any atom is -0.399 e. The van der Waals surface area contributed by atoms with Crippen LogP contribution in [0.15, 0.2) is 18.2 Å². The van der Waals surface area contributed by atoms with Gasteiger partial charge >= 0.3 is 0 Å². The molecule has 7 heteroatoms. The number of rotatable bonds is 4. The van der Waals surface area contributed by atoms with E-state index in [0.717, 1.165) is 12.8 Å². The number of nitrogens with two attached hydrogens (primary N) is 1. The molecule has 0 aliphatic carbocycles. The van der Waals surface area contributed by atoms with E-state index in [0.29, 0.717) is 12.2 Å². The molecule has 0 bridgehead atoms. The third-order valence-corrected chi connectivity index (χ3v) is 3.52. The van der Waals surface area contributed by atoms with Crippen LogP contribution in [0.5, 0.6) is 0 Å². The Morgan fingerprint density at radius 1 is 1.48 bits per heavy atom. The lowest BCUT2D eigenvalue weighted by Crippen LogP contribution is -2.45. The van der Waals surface area contributed by atoms with Crippen LogP contribution >= 0.6 is 0 Å². The molecule has 1 aliphatic rings. The van der Waals surface area contributed by atoms with E-state index < -0.39 is 5.82 Å². The van der Waals surface area contributed by atoms with Crippen molar-refractivity contribution in [1.82, 2.24) is 10.2 Å². The summed E-state index contributed by atoms with van der Waals surface area (Å²) in [7, 11) is 1.57. The van der Waals surface area contributed by atoms with Gasteiger partial charge < -0.3 is 16.4 Å². The van der Waals surface area contributed by atoms with Gasteiger partial charge in [0.15, 0.2) is 0 Å². The number of nitrogen functional groups attached to an aromatic ring is 1. The number of halogens is 1. The molecule has 1 fully saturated rings. The van der Waals surface area contributed by atoms with Gasteiger partial charge in [-0.15, -0.1) is 0 Å². The van der Waals surface area contributed by atoms with Gasteiger partial charge in [0, 0.05) is 12.7 Å². The third kappa shape index (κ3) is 3.69. The van der Waals surface area contributed by atoms with Crippen LogP contribution in [-0.4, -0.2) is 42.9 Å². The number of likely N-dealkylation sites (N-methyl/N-ethyl adjacent to an activating group) is 1. The summed E-state index contributed by atoms with van der Waals surface area (Å²) in [6.45, 7) is 0.719. The molecule has 2 rings (SSSR count). The average Bonchev–Trinajstić information content (AvgIpc) is 2.90. The Balaban J connectivity index is 1.98. The second-order valence-electron chi connectivity index (χ2n) is 5.03. The highest BCUT2D eigenvalue weighted by atomic mass is 19.1. The third-order valence-electron chi connectivity index (χ3n) is 3.52. The molecule has 114 valence electrons. The van der Waals surface area contributed by atoms with Crippen LogP contribution < -0.4 is 16.4 Å². The Hall–Kier alpha value is -2.15. The summed E-state index contributed by atoms with van der Waals surface area (Å²) in [6.07, 6.45) is 1.58. The Labute approximate surface area is 122 Å². The van der Waals surface area contributed by atoms with Crippen LogP contribution in [0.25, 0.3) is 0 Å². The van der Waals surface area contributed by atoms with Gasteiger partial charge in [-0.05, 0) is 37.6 Å². The number of likely N-dealkylation sites (tertiary alicyclic amines) is 1. The molecule has 0 aromatic heterocycles. The van der Waals surface area contributed by atoms with E-state index in [-0.39, 0.29) is 30.1 Å². The van der Waals surface area contributed by atoms with Crippen molar-refractivity contribution in [2.75, 3.05) is 31.2 Å². The molecule has 1 aliphatic heterocycles. The number of hydrogen-bond acceptors (Lipinski definition) is 4. The van der Waals surface area contributed by atoms with E-state index in [9.17, 15) is 14.0 Å². The van der Waals surface area contributed by atoms with Gasteiger partial charge in [0.05, 0.1) is 18.3 Å². The van der Waals surface area contributed by atoms with E-state index in [2.05, 4.69) is 10.6 Å². The highest BCUT2D eigenvalue weighted by Gasteiger charge is 2.31. The number of nitrogens with zero attached hydrogens (tertiary/aromatic N) is 1. The first-order valence-corrected chi connectivity index (χ1v) is 6.82. The van der Waals surface area contributed by atoms with Gasteiger partial charge in [-0.3, -0.25) is 14.5 Å². The normalized spacial score (nSPS) is 18.5. The summed E-state index contributed by atoms with van der Waals surface area (Å²) in [5, 5.41) is 5.08. The maximum Gasteiger partial charge on any atom is 0.238 e. The topological polar surface area (TPSA) is 87.5 Å². The fourth-order valence-corrected chi connectivity index (χ4v) is 2.49. The highest BCUT2D eigenvalue weighted by Crippen LogP contribution is 2.19. The highest BCUT2D eigenvalue weighted by molar-refractivity contribution is 5.93. The average molecular weight is 294 g/mol. The Kier molecular flexibility index (Phi) is 4.74. The Morgan fingerprint density at radius 2 is 2.24 bits per heavy atom. The Bertz CT molecular complexity index is 550. The van der Waals surface area contributed by atoms with Crippen molar-refractivity contribution in [1.29, 1.82) is 0 Å². The largest absolute Gasteiger partial charge is 0.399 e. The van der Waals surface area contributed by atoms with E-state index in [1.807, 2.05) is 0 Å². The minimum atomic E-state index is -0.540. The van der Waals surface area contributed by atoms with Crippen LogP contribution in [-0.2, 0) is 9.59 Å². The molecule has 21 heavy (non-hydrogen) atoms. The minimum absolute atomic E-state index is 0.0479. The molecule has 4 N–H and O–H groups in total. The summed E-state index contributed by atoms with van der Waals surface area (Å²) in [4.78, 5) is 25.5. The fourth-order valence-electron chi connectivity index (χ4n) is 2.49. The second-order valence-corrected chi connectivity index (χ2v) is 5.03. The molecular formula is C14H19FN4O2. The number of benzene rings is 1. The lowest BCUT2D eigenvalue weighted by molar-refractivity contribution is -0.126. The molecule has 0 saturated carbocycles. The van der Waals surface area contributed by atoms with Crippen LogP contribution in [0.3, 0.4) is 0 Å². The molecule has 0 radical (unpaired) electrons. The van der Waals surface area contributed by atoms with Gasteiger partial charge in [-0.2, -0.15) is 0 Å². The summed E-state index contributed by atoms with van der Waals surface area (Å²) < 4.78 is 13.6. The van der Waals surface area contributed by atoms with Gasteiger partial charge in [0.1, 0.15) is 5.82 Å². The van der Waals surface area contributed by atoms with E-state index in [1.165, 1.54) is 18.2 Å². The molecule has 0 spiro atoms. The van der Waals surface area contributed by atoms with Crippen LogP contribution in [0.4, 0.5) is 15.8 Å². The van der Waals surface area contributed by atoms with E-state index in [1.54, 1.807) is 11.9 Å². The Morgan fingerprint density at radius 3 is 2.95 bits per heavy atom. The van der Waals surface area contributed by atoms with Gasteiger partial charge in [-0.1, -0.05) is 0 Å². The molecule has 1 saturated heterocycles. The van der Waals surface area contributed by atoms with Crippen molar-refractivity contribution in [3.8, 4) is 0 Å². The first-order valence-electron chi connectivity index (χ1n) is 6.82. The maximum absolute atomic E-state index is 13.6. The summed E-state index contributed by atoms with van der Waals surface area (Å²) in [5.74, 6) is -1.01. The maximum atomic E-state index is 13.6. The summed E-state index contributed by atoms with van der Waals surface area (Å²) in [6, 6.07) is 3.70. The lowest BCUT2D eigenvalue weighted by Gasteiger charge is -2.22. The lowest BCUT2D eigenvalue weighted by atomic mass is 10.2.